The number of likely N-dealkylation sites (N-methyl/N-ethyl adjacent to an activating group) is 1. The van der Waals surface area contributed by atoms with Gasteiger partial charge in [0.25, 0.3) is 0 Å². The van der Waals surface area contributed by atoms with Crippen LogP contribution in [0.4, 0.5) is 0 Å². The van der Waals surface area contributed by atoms with Crippen molar-refractivity contribution in [3.05, 3.63) is 0 Å². The minimum Gasteiger partial charge on any atom is -0.317 e. The molecular formula is C12H25N3. The van der Waals surface area contributed by atoms with Crippen LogP contribution in [-0.4, -0.2) is 50.7 Å². The standard InChI is InChI=1S/C12H25N3/c1-13-12-3-2-8-15(10-12)9-11-4-6-14-7-5-11/h11-14H,2-10H2,1H3. The molecule has 2 fully saturated rings. The van der Waals surface area contributed by atoms with Crippen LogP contribution in [0.2, 0.25) is 0 Å². The lowest BCUT2D eigenvalue weighted by Gasteiger charge is -2.36. The molecule has 0 amide bonds. The fourth-order valence-electron chi connectivity index (χ4n) is 2.89. The lowest BCUT2D eigenvalue weighted by Crippen LogP contribution is -2.46. The molecule has 2 aliphatic rings. The summed E-state index contributed by atoms with van der Waals surface area (Å²) >= 11 is 0. The maximum absolute atomic E-state index is 3.44. The Labute approximate surface area is 93.6 Å². The van der Waals surface area contributed by atoms with Crippen molar-refractivity contribution >= 4 is 0 Å². The van der Waals surface area contributed by atoms with Crippen LogP contribution >= 0.6 is 0 Å². The van der Waals surface area contributed by atoms with Crippen LogP contribution in [0.3, 0.4) is 0 Å². The summed E-state index contributed by atoms with van der Waals surface area (Å²) in [6.07, 6.45) is 5.48. The predicted octanol–water partition coefficient (Wildman–Crippen LogP) is 0.670. The first-order chi connectivity index (χ1) is 7.38. The number of nitrogens with zero attached hydrogens (tertiary/aromatic N) is 1. The SMILES string of the molecule is CNC1CCCN(CC2CCNCC2)C1. The quantitative estimate of drug-likeness (QED) is 0.718. The van der Waals surface area contributed by atoms with Gasteiger partial charge in [-0.3, -0.25) is 0 Å². The van der Waals surface area contributed by atoms with Crippen LogP contribution in [0.1, 0.15) is 25.7 Å². The van der Waals surface area contributed by atoms with Crippen LogP contribution in [0.25, 0.3) is 0 Å². The summed E-state index contributed by atoms with van der Waals surface area (Å²) in [5.74, 6) is 0.946. The first kappa shape index (κ1) is 11.4. The normalized spacial score (nSPS) is 30.6. The average Bonchev–Trinajstić information content (AvgIpc) is 2.31. The highest BCUT2D eigenvalue weighted by molar-refractivity contribution is 4.80. The molecule has 0 saturated carbocycles. The van der Waals surface area contributed by atoms with Crippen molar-refractivity contribution in [2.24, 2.45) is 5.92 Å². The van der Waals surface area contributed by atoms with Crippen molar-refractivity contribution < 1.29 is 0 Å². The van der Waals surface area contributed by atoms with Crippen LogP contribution < -0.4 is 10.6 Å². The van der Waals surface area contributed by atoms with E-state index in [1.165, 1.54) is 58.4 Å². The van der Waals surface area contributed by atoms with Crippen molar-refractivity contribution in [1.29, 1.82) is 0 Å². The first-order valence-corrected chi connectivity index (χ1v) is 6.49. The van der Waals surface area contributed by atoms with Gasteiger partial charge in [0.05, 0.1) is 0 Å². The largest absolute Gasteiger partial charge is 0.317 e. The zero-order valence-corrected chi connectivity index (χ0v) is 9.97. The van der Waals surface area contributed by atoms with E-state index in [-0.39, 0.29) is 0 Å². The average molecular weight is 211 g/mol. The highest BCUT2D eigenvalue weighted by Gasteiger charge is 2.22. The summed E-state index contributed by atoms with van der Waals surface area (Å²) in [6, 6.07) is 0.737. The number of hydrogen-bond acceptors (Lipinski definition) is 3. The highest BCUT2D eigenvalue weighted by atomic mass is 15.2. The molecule has 2 saturated heterocycles. The summed E-state index contributed by atoms with van der Waals surface area (Å²) in [7, 11) is 2.10. The van der Waals surface area contributed by atoms with Gasteiger partial charge in [0.15, 0.2) is 0 Å². The second kappa shape index (κ2) is 5.83. The van der Waals surface area contributed by atoms with E-state index in [1.807, 2.05) is 0 Å². The van der Waals surface area contributed by atoms with E-state index in [4.69, 9.17) is 0 Å². The molecule has 1 unspecified atom stereocenters. The molecule has 88 valence electrons. The van der Waals surface area contributed by atoms with Crippen molar-refractivity contribution in [1.82, 2.24) is 15.5 Å². The third kappa shape index (κ3) is 3.44. The molecular weight excluding hydrogens is 186 g/mol. The van der Waals surface area contributed by atoms with Crippen LogP contribution in [0.15, 0.2) is 0 Å². The number of piperidine rings is 2. The Morgan fingerprint density at radius 2 is 2.07 bits per heavy atom. The fourth-order valence-corrected chi connectivity index (χ4v) is 2.89. The molecule has 0 aromatic heterocycles. The third-order valence-corrected chi connectivity index (χ3v) is 3.89. The molecule has 15 heavy (non-hydrogen) atoms. The number of hydrogen-bond donors (Lipinski definition) is 2. The smallest absolute Gasteiger partial charge is 0.0192 e. The minimum atomic E-state index is 0.737. The number of rotatable bonds is 3. The maximum atomic E-state index is 3.44. The Morgan fingerprint density at radius 3 is 2.80 bits per heavy atom. The molecule has 2 heterocycles. The summed E-state index contributed by atoms with van der Waals surface area (Å²) < 4.78 is 0. The highest BCUT2D eigenvalue weighted by Crippen LogP contribution is 2.17. The first-order valence-electron chi connectivity index (χ1n) is 6.49. The van der Waals surface area contributed by atoms with E-state index in [2.05, 4.69) is 22.6 Å². The van der Waals surface area contributed by atoms with Gasteiger partial charge in [-0.1, -0.05) is 0 Å². The zero-order chi connectivity index (χ0) is 10.5. The Bertz CT molecular complexity index is 178. The second-order valence-corrected chi connectivity index (χ2v) is 5.08. The summed E-state index contributed by atoms with van der Waals surface area (Å²) in [5, 5.41) is 6.86. The molecule has 0 spiro atoms. The van der Waals surface area contributed by atoms with E-state index in [0.717, 1.165) is 12.0 Å². The lowest BCUT2D eigenvalue weighted by atomic mass is 9.96. The van der Waals surface area contributed by atoms with Gasteiger partial charge >= 0.3 is 0 Å². The van der Waals surface area contributed by atoms with Crippen LogP contribution in [-0.2, 0) is 0 Å². The van der Waals surface area contributed by atoms with E-state index in [9.17, 15) is 0 Å². The predicted molar refractivity (Wildman–Crippen MR) is 64.1 cm³/mol. The van der Waals surface area contributed by atoms with Gasteiger partial charge in [-0.2, -0.15) is 0 Å². The van der Waals surface area contributed by atoms with E-state index in [1.54, 1.807) is 0 Å². The second-order valence-electron chi connectivity index (χ2n) is 5.08. The summed E-state index contributed by atoms with van der Waals surface area (Å²) in [4.78, 5) is 2.67. The van der Waals surface area contributed by atoms with Gasteiger partial charge in [-0.05, 0) is 58.3 Å². The Kier molecular flexibility index (Phi) is 4.42. The molecule has 1 atom stereocenters. The van der Waals surface area contributed by atoms with Crippen molar-refractivity contribution in [3.63, 3.8) is 0 Å². The van der Waals surface area contributed by atoms with Crippen LogP contribution in [0, 0.1) is 5.92 Å². The van der Waals surface area contributed by atoms with Gasteiger partial charge < -0.3 is 15.5 Å². The molecule has 0 aromatic carbocycles. The monoisotopic (exact) mass is 211 g/mol. The van der Waals surface area contributed by atoms with Crippen molar-refractivity contribution in [2.45, 2.75) is 31.7 Å². The summed E-state index contributed by atoms with van der Waals surface area (Å²) in [5.41, 5.74) is 0. The molecule has 2 aliphatic heterocycles. The van der Waals surface area contributed by atoms with Crippen molar-refractivity contribution in [3.8, 4) is 0 Å². The molecule has 2 N–H and O–H groups in total. The third-order valence-electron chi connectivity index (χ3n) is 3.89. The molecule has 3 heteroatoms. The lowest BCUT2D eigenvalue weighted by molar-refractivity contribution is 0.155. The van der Waals surface area contributed by atoms with Gasteiger partial charge in [0.2, 0.25) is 0 Å². The van der Waals surface area contributed by atoms with E-state index < -0.39 is 0 Å². The van der Waals surface area contributed by atoms with E-state index >= 15 is 0 Å². The Hall–Kier alpha value is -0.120. The number of nitrogens with one attached hydrogen (secondary N) is 2. The summed E-state index contributed by atoms with van der Waals surface area (Å²) in [6.45, 7) is 6.38. The van der Waals surface area contributed by atoms with E-state index in [0.29, 0.717) is 0 Å². The molecule has 0 bridgehead atoms. The zero-order valence-electron chi connectivity index (χ0n) is 9.97. The number of likely N-dealkylation sites (tertiary alicyclic amines) is 1. The topological polar surface area (TPSA) is 27.3 Å². The molecule has 0 aromatic rings. The van der Waals surface area contributed by atoms with Gasteiger partial charge in [-0.25, -0.2) is 0 Å². The van der Waals surface area contributed by atoms with Gasteiger partial charge in [-0.15, -0.1) is 0 Å². The Morgan fingerprint density at radius 1 is 1.27 bits per heavy atom. The van der Waals surface area contributed by atoms with Crippen molar-refractivity contribution in [2.75, 3.05) is 39.8 Å². The Balaban J connectivity index is 1.72. The molecule has 0 radical (unpaired) electrons. The van der Waals surface area contributed by atoms with Gasteiger partial charge in [0, 0.05) is 19.1 Å². The fraction of sp³-hybridized carbons (Fsp3) is 1.00. The molecule has 0 aliphatic carbocycles. The van der Waals surface area contributed by atoms with Gasteiger partial charge in [0.1, 0.15) is 0 Å². The van der Waals surface area contributed by atoms with Crippen LogP contribution in [0.5, 0.6) is 0 Å². The molecule has 3 nitrogen and oxygen atoms in total. The minimum absolute atomic E-state index is 0.737. The molecule has 2 rings (SSSR count). The maximum Gasteiger partial charge on any atom is 0.0192 e.